The van der Waals surface area contributed by atoms with Crippen molar-refractivity contribution in [2.24, 2.45) is 0 Å². The van der Waals surface area contributed by atoms with E-state index in [2.05, 4.69) is 29.4 Å². The number of carbonyl (C=O) groups excluding carboxylic acids is 1. The smallest absolute Gasteiger partial charge is 0.328 e. The Morgan fingerprint density at radius 1 is 1.20 bits per heavy atom. The summed E-state index contributed by atoms with van der Waals surface area (Å²) in [7, 11) is 0. The van der Waals surface area contributed by atoms with E-state index in [1.54, 1.807) is 0 Å². The minimum atomic E-state index is -1.27. The number of aliphatic hydroxyl groups excluding tert-OH is 1. The van der Waals surface area contributed by atoms with E-state index in [9.17, 15) is 9.59 Å². The van der Waals surface area contributed by atoms with Crippen molar-refractivity contribution in [2.45, 2.75) is 45.7 Å². The molecule has 0 heterocycles. The number of urea groups is 1. The summed E-state index contributed by atoms with van der Waals surface area (Å²) in [5, 5.41) is 22.4. The number of carboxylic acid groups (broad SMARTS) is 1. The molecule has 0 aromatic heterocycles. The van der Waals surface area contributed by atoms with Gasteiger partial charge in [0.25, 0.3) is 0 Å². The SMILES string of the molecule is CCN(CC)CCCC(C)NC(=O)N[C@H](CO)C(=O)O. The van der Waals surface area contributed by atoms with Crippen LogP contribution in [0.5, 0.6) is 0 Å². The molecule has 0 aromatic carbocycles. The van der Waals surface area contributed by atoms with E-state index in [0.29, 0.717) is 0 Å². The normalized spacial score (nSPS) is 13.8. The quantitative estimate of drug-likeness (QED) is 0.461. The van der Waals surface area contributed by atoms with Crippen molar-refractivity contribution in [3.63, 3.8) is 0 Å². The van der Waals surface area contributed by atoms with Crippen LogP contribution in [0.1, 0.15) is 33.6 Å². The Balaban J connectivity index is 3.93. The average Bonchev–Trinajstić information content (AvgIpc) is 2.40. The summed E-state index contributed by atoms with van der Waals surface area (Å²) >= 11 is 0. The summed E-state index contributed by atoms with van der Waals surface area (Å²) in [6.07, 6.45) is 1.78. The highest BCUT2D eigenvalue weighted by Crippen LogP contribution is 1.99. The molecule has 0 aromatic rings. The van der Waals surface area contributed by atoms with Gasteiger partial charge in [-0.1, -0.05) is 13.8 Å². The van der Waals surface area contributed by atoms with Crippen LogP contribution >= 0.6 is 0 Å². The number of nitrogens with one attached hydrogen (secondary N) is 2. The van der Waals surface area contributed by atoms with Gasteiger partial charge in [0.2, 0.25) is 0 Å². The third-order valence-electron chi connectivity index (χ3n) is 3.17. The standard InChI is InChI=1S/C13H27N3O4/c1-4-16(5-2)8-6-7-10(3)14-13(20)15-11(9-17)12(18)19/h10-11,17H,4-9H2,1-3H3,(H,18,19)(H2,14,15,20)/t10?,11-/m1/s1. The number of nitrogens with zero attached hydrogens (tertiary/aromatic N) is 1. The van der Waals surface area contributed by atoms with Crippen molar-refractivity contribution in [1.82, 2.24) is 15.5 Å². The van der Waals surface area contributed by atoms with Gasteiger partial charge in [0.1, 0.15) is 0 Å². The fourth-order valence-electron chi connectivity index (χ4n) is 1.84. The molecular weight excluding hydrogens is 262 g/mol. The summed E-state index contributed by atoms with van der Waals surface area (Å²) in [5.74, 6) is -1.25. The minimum absolute atomic E-state index is 0.0429. The van der Waals surface area contributed by atoms with Gasteiger partial charge in [-0.2, -0.15) is 0 Å². The molecule has 0 rings (SSSR count). The molecule has 1 unspecified atom stereocenters. The van der Waals surface area contributed by atoms with Crippen molar-refractivity contribution in [2.75, 3.05) is 26.2 Å². The molecule has 0 saturated heterocycles. The van der Waals surface area contributed by atoms with Crippen LogP contribution in [0.3, 0.4) is 0 Å². The summed E-state index contributed by atoms with van der Waals surface area (Å²) < 4.78 is 0. The van der Waals surface area contributed by atoms with Crippen LogP contribution < -0.4 is 10.6 Å². The third-order valence-corrected chi connectivity index (χ3v) is 3.17. The van der Waals surface area contributed by atoms with Gasteiger partial charge in [-0.05, 0) is 39.4 Å². The van der Waals surface area contributed by atoms with Gasteiger partial charge in [-0.25, -0.2) is 9.59 Å². The number of carbonyl (C=O) groups is 2. The Bertz CT molecular complexity index is 295. The number of aliphatic hydroxyl groups is 1. The number of hydrogen-bond acceptors (Lipinski definition) is 4. The summed E-state index contributed by atoms with van der Waals surface area (Å²) in [5.41, 5.74) is 0. The number of carboxylic acids is 1. The maximum Gasteiger partial charge on any atom is 0.328 e. The Kier molecular flexibility index (Phi) is 9.75. The zero-order valence-electron chi connectivity index (χ0n) is 12.6. The second kappa shape index (κ2) is 10.4. The number of amides is 2. The molecule has 20 heavy (non-hydrogen) atoms. The van der Waals surface area contributed by atoms with Crippen LogP contribution in [0.2, 0.25) is 0 Å². The Morgan fingerprint density at radius 2 is 1.80 bits per heavy atom. The first-order chi connectivity index (χ1) is 9.44. The minimum Gasteiger partial charge on any atom is -0.480 e. The molecule has 4 N–H and O–H groups in total. The molecule has 0 saturated carbocycles. The monoisotopic (exact) mass is 289 g/mol. The second-order valence-corrected chi connectivity index (χ2v) is 4.76. The predicted octanol–water partition coefficient (Wildman–Crippen LogP) is 0.242. The largest absolute Gasteiger partial charge is 0.480 e. The van der Waals surface area contributed by atoms with E-state index in [4.69, 9.17) is 10.2 Å². The maximum atomic E-state index is 11.5. The second-order valence-electron chi connectivity index (χ2n) is 4.76. The first-order valence-electron chi connectivity index (χ1n) is 7.07. The summed E-state index contributed by atoms with van der Waals surface area (Å²) in [4.78, 5) is 24.5. The highest BCUT2D eigenvalue weighted by atomic mass is 16.4. The van der Waals surface area contributed by atoms with Gasteiger partial charge >= 0.3 is 12.0 Å². The highest BCUT2D eigenvalue weighted by molar-refractivity contribution is 5.82. The Hall–Kier alpha value is -1.34. The number of rotatable bonds is 10. The highest BCUT2D eigenvalue weighted by Gasteiger charge is 2.19. The summed E-state index contributed by atoms with van der Waals surface area (Å²) in [6, 6.07) is -1.88. The van der Waals surface area contributed by atoms with Crippen molar-refractivity contribution in [3.8, 4) is 0 Å². The van der Waals surface area contributed by atoms with E-state index in [1.165, 1.54) is 0 Å². The zero-order chi connectivity index (χ0) is 15.5. The molecule has 0 bridgehead atoms. The lowest BCUT2D eigenvalue weighted by atomic mass is 10.2. The Morgan fingerprint density at radius 3 is 2.25 bits per heavy atom. The molecule has 2 atom stereocenters. The molecule has 0 aliphatic rings. The van der Waals surface area contributed by atoms with Gasteiger partial charge in [0, 0.05) is 6.04 Å². The fourth-order valence-corrected chi connectivity index (χ4v) is 1.84. The van der Waals surface area contributed by atoms with E-state index in [1.807, 2.05) is 6.92 Å². The molecule has 0 radical (unpaired) electrons. The maximum absolute atomic E-state index is 11.5. The topological polar surface area (TPSA) is 102 Å². The van der Waals surface area contributed by atoms with Crippen LogP contribution in [-0.4, -0.2) is 65.4 Å². The fraction of sp³-hybridized carbons (Fsp3) is 0.846. The van der Waals surface area contributed by atoms with Crippen molar-refractivity contribution in [3.05, 3.63) is 0 Å². The van der Waals surface area contributed by atoms with Gasteiger partial charge in [0.05, 0.1) is 6.61 Å². The third kappa shape index (κ3) is 7.96. The summed E-state index contributed by atoms with van der Waals surface area (Å²) in [6.45, 7) is 8.47. The van der Waals surface area contributed by atoms with Crippen LogP contribution in [-0.2, 0) is 4.79 Å². The molecule has 0 aliphatic heterocycles. The molecular formula is C13H27N3O4. The molecule has 0 fully saturated rings. The van der Waals surface area contributed by atoms with Crippen LogP contribution in [0.25, 0.3) is 0 Å². The van der Waals surface area contributed by atoms with Crippen molar-refractivity contribution < 1.29 is 19.8 Å². The van der Waals surface area contributed by atoms with E-state index in [-0.39, 0.29) is 6.04 Å². The van der Waals surface area contributed by atoms with E-state index < -0.39 is 24.6 Å². The van der Waals surface area contributed by atoms with Gasteiger partial charge in [0.15, 0.2) is 6.04 Å². The average molecular weight is 289 g/mol. The first-order valence-corrected chi connectivity index (χ1v) is 7.07. The molecule has 0 spiro atoms. The lowest BCUT2D eigenvalue weighted by Gasteiger charge is -2.20. The predicted molar refractivity (Wildman–Crippen MR) is 76.7 cm³/mol. The molecule has 118 valence electrons. The van der Waals surface area contributed by atoms with Crippen LogP contribution in [0, 0.1) is 0 Å². The molecule has 2 amide bonds. The Labute approximate surface area is 120 Å². The molecule has 7 heteroatoms. The lowest BCUT2D eigenvalue weighted by Crippen LogP contribution is -2.50. The van der Waals surface area contributed by atoms with Crippen LogP contribution in [0.4, 0.5) is 4.79 Å². The van der Waals surface area contributed by atoms with Gasteiger partial charge in [-0.3, -0.25) is 0 Å². The molecule has 0 aliphatic carbocycles. The van der Waals surface area contributed by atoms with E-state index >= 15 is 0 Å². The van der Waals surface area contributed by atoms with E-state index in [0.717, 1.165) is 32.5 Å². The number of aliphatic carboxylic acids is 1. The van der Waals surface area contributed by atoms with Crippen molar-refractivity contribution >= 4 is 12.0 Å². The first kappa shape index (κ1) is 18.7. The zero-order valence-corrected chi connectivity index (χ0v) is 12.6. The number of hydrogen-bond donors (Lipinski definition) is 4. The van der Waals surface area contributed by atoms with Gasteiger partial charge in [-0.15, -0.1) is 0 Å². The molecule has 7 nitrogen and oxygen atoms in total. The lowest BCUT2D eigenvalue weighted by molar-refractivity contribution is -0.140. The van der Waals surface area contributed by atoms with Crippen LogP contribution in [0.15, 0.2) is 0 Å². The van der Waals surface area contributed by atoms with Crippen molar-refractivity contribution in [1.29, 1.82) is 0 Å². The van der Waals surface area contributed by atoms with Gasteiger partial charge < -0.3 is 25.7 Å².